The van der Waals surface area contributed by atoms with E-state index in [1.807, 2.05) is 17.0 Å². The summed E-state index contributed by atoms with van der Waals surface area (Å²) in [6.45, 7) is 8.05. The van der Waals surface area contributed by atoms with Crippen LogP contribution in [0.3, 0.4) is 0 Å². The lowest BCUT2D eigenvalue weighted by Gasteiger charge is -2.36. The van der Waals surface area contributed by atoms with E-state index in [1.165, 1.54) is 6.42 Å². The van der Waals surface area contributed by atoms with Gasteiger partial charge in [-0.15, -0.1) is 0 Å². The highest BCUT2D eigenvalue weighted by Crippen LogP contribution is 2.20. The van der Waals surface area contributed by atoms with Gasteiger partial charge in [-0.2, -0.15) is 0 Å². The van der Waals surface area contributed by atoms with Crippen molar-refractivity contribution in [3.05, 3.63) is 29.3 Å². The number of hydrogen-bond donors (Lipinski definition) is 1. The molecule has 2 aliphatic heterocycles. The number of benzene rings is 1. The maximum atomic E-state index is 12.5. The number of piperidine rings is 1. The number of carbonyl (C=O) groups excluding carboxylic acids is 2. The lowest BCUT2D eigenvalue weighted by atomic mass is 10.0. The first-order valence-electron chi connectivity index (χ1n) is 9.78. The largest absolute Gasteiger partial charge is 0.341 e. The summed E-state index contributed by atoms with van der Waals surface area (Å²) < 4.78 is 0. The SMILES string of the molecule is C[C@H]1CCCN(C(=O)CN2CCN(CC(=O)Nc3ccccc3Cl)CC2)C1. The predicted octanol–water partition coefficient (Wildman–Crippen LogP) is 2.15. The molecule has 7 heteroatoms. The molecule has 2 amide bonds. The van der Waals surface area contributed by atoms with E-state index in [9.17, 15) is 9.59 Å². The molecule has 2 heterocycles. The first kappa shape index (κ1) is 20.1. The van der Waals surface area contributed by atoms with Crippen molar-refractivity contribution in [1.29, 1.82) is 0 Å². The van der Waals surface area contributed by atoms with Gasteiger partial charge in [-0.3, -0.25) is 19.4 Å². The Morgan fingerprint density at radius 3 is 2.41 bits per heavy atom. The maximum Gasteiger partial charge on any atom is 0.238 e. The van der Waals surface area contributed by atoms with Crippen molar-refractivity contribution >= 4 is 29.1 Å². The number of likely N-dealkylation sites (tertiary alicyclic amines) is 1. The van der Waals surface area contributed by atoms with Crippen molar-refractivity contribution in [2.45, 2.75) is 19.8 Å². The van der Waals surface area contributed by atoms with Crippen LogP contribution in [-0.2, 0) is 9.59 Å². The van der Waals surface area contributed by atoms with Crippen molar-refractivity contribution in [2.24, 2.45) is 5.92 Å². The summed E-state index contributed by atoms with van der Waals surface area (Å²) in [6, 6.07) is 7.24. The first-order chi connectivity index (χ1) is 13.0. The Morgan fingerprint density at radius 2 is 1.74 bits per heavy atom. The first-order valence-corrected chi connectivity index (χ1v) is 10.2. The number of anilines is 1. The van der Waals surface area contributed by atoms with Crippen molar-refractivity contribution in [1.82, 2.24) is 14.7 Å². The normalized spacial score (nSPS) is 21.9. The van der Waals surface area contributed by atoms with E-state index >= 15 is 0 Å². The smallest absolute Gasteiger partial charge is 0.238 e. The molecule has 2 aliphatic rings. The van der Waals surface area contributed by atoms with Gasteiger partial charge in [0.1, 0.15) is 0 Å². The molecule has 0 saturated carbocycles. The molecular formula is C20H29ClN4O2. The number of hydrogen-bond acceptors (Lipinski definition) is 4. The highest BCUT2D eigenvalue weighted by atomic mass is 35.5. The highest BCUT2D eigenvalue weighted by Gasteiger charge is 2.25. The van der Waals surface area contributed by atoms with Gasteiger partial charge in [0, 0.05) is 39.3 Å². The van der Waals surface area contributed by atoms with E-state index < -0.39 is 0 Å². The van der Waals surface area contributed by atoms with Crippen LogP contribution in [0.15, 0.2) is 24.3 Å². The van der Waals surface area contributed by atoms with Crippen LogP contribution in [0.25, 0.3) is 0 Å². The van der Waals surface area contributed by atoms with Gasteiger partial charge >= 0.3 is 0 Å². The molecule has 1 N–H and O–H groups in total. The minimum Gasteiger partial charge on any atom is -0.341 e. The Morgan fingerprint density at radius 1 is 1.07 bits per heavy atom. The molecule has 148 valence electrons. The fourth-order valence-corrected chi connectivity index (χ4v) is 3.95. The van der Waals surface area contributed by atoms with Crippen LogP contribution in [0.4, 0.5) is 5.69 Å². The van der Waals surface area contributed by atoms with E-state index in [1.54, 1.807) is 12.1 Å². The molecule has 0 spiro atoms. The van der Waals surface area contributed by atoms with Gasteiger partial charge in [0.15, 0.2) is 0 Å². The van der Waals surface area contributed by atoms with E-state index in [0.717, 1.165) is 45.7 Å². The lowest BCUT2D eigenvalue weighted by molar-refractivity contribution is -0.134. The number of nitrogens with zero attached hydrogens (tertiary/aromatic N) is 3. The van der Waals surface area contributed by atoms with Crippen molar-refractivity contribution in [3.8, 4) is 0 Å². The second kappa shape index (κ2) is 9.53. The molecule has 0 aromatic heterocycles. The minimum absolute atomic E-state index is 0.0602. The summed E-state index contributed by atoms with van der Waals surface area (Å²) in [6.07, 6.45) is 2.33. The predicted molar refractivity (Wildman–Crippen MR) is 108 cm³/mol. The van der Waals surface area contributed by atoms with Gasteiger partial charge in [-0.25, -0.2) is 0 Å². The van der Waals surface area contributed by atoms with Crippen LogP contribution in [-0.4, -0.2) is 78.9 Å². The molecule has 3 rings (SSSR count). The third kappa shape index (κ3) is 5.92. The number of amides is 2. The Labute approximate surface area is 166 Å². The quantitative estimate of drug-likeness (QED) is 0.834. The van der Waals surface area contributed by atoms with Gasteiger partial charge in [0.2, 0.25) is 11.8 Å². The zero-order chi connectivity index (χ0) is 19.2. The number of para-hydroxylation sites is 1. The molecule has 27 heavy (non-hydrogen) atoms. The van der Waals surface area contributed by atoms with Crippen molar-refractivity contribution in [2.75, 3.05) is 57.7 Å². The zero-order valence-corrected chi connectivity index (χ0v) is 16.7. The Balaban J connectivity index is 1.39. The van der Waals surface area contributed by atoms with Crippen molar-refractivity contribution < 1.29 is 9.59 Å². The van der Waals surface area contributed by atoms with Gasteiger partial charge in [-0.05, 0) is 30.9 Å². The van der Waals surface area contributed by atoms with Gasteiger partial charge in [-0.1, -0.05) is 30.7 Å². The molecular weight excluding hydrogens is 364 g/mol. The van der Waals surface area contributed by atoms with E-state index in [4.69, 9.17) is 11.6 Å². The van der Waals surface area contributed by atoms with Crippen LogP contribution in [0.5, 0.6) is 0 Å². The number of rotatable bonds is 5. The van der Waals surface area contributed by atoms with E-state index in [2.05, 4.69) is 22.0 Å². The molecule has 0 unspecified atom stereocenters. The number of carbonyl (C=O) groups is 2. The van der Waals surface area contributed by atoms with E-state index in [-0.39, 0.29) is 11.8 Å². The average Bonchev–Trinajstić information content (AvgIpc) is 2.65. The zero-order valence-electron chi connectivity index (χ0n) is 16.0. The molecule has 0 radical (unpaired) electrons. The molecule has 6 nitrogen and oxygen atoms in total. The third-order valence-corrected chi connectivity index (χ3v) is 5.68. The summed E-state index contributed by atoms with van der Waals surface area (Å²) in [4.78, 5) is 31.1. The van der Waals surface area contributed by atoms with Gasteiger partial charge in [0.25, 0.3) is 0 Å². The summed E-state index contributed by atoms with van der Waals surface area (Å²) in [5.41, 5.74) is 0.643. The van der Waals surface area contributed by atoms with Crippen molar-refractivity contribution in [3.63, 3.8) is 0 Å². The Hall–Kier alpha value is -1.63. The van der Waals surface area contributed by atoms with Gasteiger partial charge in [0.05, 0.1) is 23.8 Å². The fraction of sp³-hybridized carbons (Fsp3) is 0.600. The molecule has 1 atom stereocenters. The minimum atomic E-state index is -0.0602. The molecule has 1 aromatic carbocycles. The summed E-state index contributed by atoms with van der Waals surface area (Å²) in [5.74, 6) is 0.789. The highest BCUT2D eigenvalue weighted by molar-refractivity contribution is 6.33. The number of nitrogens with one attached hydrogen (secondary N) is 1. The van der Waals surface area contributed by atoms with Crippen LogP contribution in [0, 0.1) is 5.92 Å². The molecule has 0 bridgehead atoms. The molecule has 2 fully saturated rings. The second-order valence-corrected chi connectivity index (χ2v) is 8.07. The monoisotopic (exact) mass is 392 g/mol. The van der Waals surface area contributed by atoms with Gasteiger partial charge < -0.3 is 10.2 Å². The molecule has 0 aliphatic carbocycles. The van der Waals surface area contributed by atoms with Crippen LogP contribution >= 0.6 is 11.6 Å². The second-order valence-electron chi connectivity index (χ2n) is 7.67. The lowest BCUT2D eigenvalue weighted by Crippen LogP contribution is -2.52. The standard InChI is InChI=1S/C20H29ClN4O2/c1-16-5-4-8-25(13-16)20(27)15-24-11-9-23(10-12-24)14-19(26)22-18-7-3-2-6-17(18)21/h2-3,6-7,16H,4-5,8-15H2,1H3,(H,22,26)/t16-/m0/s1. The van der Waals surface area contributed by atoms with Crippen LogP contribution < -0.4 is 5.32 Å². The Kier molecular flexibility index (Phi) is 7.10. The van der Waals surface area contributed by atoms with Crippen LogP contribution in [0.2, 0.25) is 5.02 Å². The van der Waals surface area contributed by atoms with E-state index in [0.29, 0.717) is 29.7 Å². The number of piperazine rings is 1. The molecule has 1 aromatic rings. The third-order valence-electron chi connectivity index (χ3n) is 5.35. The van der Waals surface area contributed by atoms with Crippen LogP contribution in [0.1, 0.15) is 19.8 Å². The Bertz CT molecular complexity index is 661. The maximum absolute atomic E-state index is 12.5. The average molecular weight is 393 g/mol. The topological polar surface area (TPSA) is 55.9 Å². The molecule has 2 saturated heterocycles. The summed E-state index contributed by atoms with van der Waals surface area (Å²) >= 11 is 6.08. The fourth-order valence-electron chi connectivity index (χ4n) is 3.77. The summed E-state index contributed by atoms with van der Waals surface area (Å²) in [7, 11) is 0. The number of halogens is 1. The summed E-state index contributed by atoms with van der Waals surface area (Å²) in [5, 5.41) is 3.40.